The number of aliphatic imine (C=N–C) groups is 1. The maximum Gasteiger partial charge on any atom is 0.194 e. The fourth-order valence-electron chi connectivity index (χ4n) is 2.64. The Balaban J connectivity index is 0.00000176. The van der Waals surface area contributed by atoms with E-state index in [1.165, 1.54) is 12.8 Å². The van der Waals surface area contributed by atoms with Gasteiger partial charge in [-0.25, -0.2) is 9.98 Å². The Morgan fingerprint density at radius 1 is 1.32 bits per heavy atom. The largest absolute Gasteiger partial charge is 0.354 e. The number of aromatic amines is 1. The van der Waals surface area contributed by atoms with Crippen molar-refractivity contribution >= 4 is 34.0 Å². The van der Waals surface area contributed by atoms with Crippen LogP contribution in [0, 0.1) is 0 Å². The van der Waals surface area contributed by atoms with Gasteiger partial charge in [0.1, 0.15) is 5.65 Å². The molecule has 1 fully saturated rings. The lowest BCUT2D eigenvalue weighted by Gasteiger charge is -2.23. The van der Waals surface area contributed by atoms with Crippen molar-refractivity contribution in [1.29, 1.82) is 0 Å². The number of fused-ring (bicyclic) bond motifs is 1. The zero-order chi connectivity index (χ0) is 14.7. The van der Waals surface area contributed by atoms with Crippen LogP contribution in [-0.2, 0) is 6.54 Å². The monoisotopic (exact) mass is 365 g/mol. The van der Waals surface area contributed by atoms with Gasteiger partial charge < -0.3 is 15.2 Å². The zero-order valence-corrected chi connectivity index (χ0v) is 14.9. The molecule has 0 aliphatic carbocycles. The number of pyridine rings is 1. The lowest BCUT2D eigenvalue weighted by atomic mass is 10.3. The maximum absolute atomic E-state index is 4.76. The summed E-state index contributed by atoms with van der Waals surface area (Å²) in [5.41, 5.74) is 1.93. The van der Waals surface area contributed by atoms with Crippen molar-refractivity contribution in [2.24, 2.45) is 4.99 Å². The SMILES string of the molecule is Br.CC(C)NC(=NCc1ccc2cc[nH]c2n1)N1CCCC1. The summed E-state index contributed by atoms with van der Waals surface area (Å²) in [5.74, 6) is 1.01. The topological polar surface area (TPSA) is 56.3 Å². The second-order valence-corrected chi connectivity index (χ2v) is 5.85. The fourth-order valence-corrected chi connectivity index (χ4v) is 2.64. The predicted octanol–water partition coefficient (Wildman–Crippen LogP) is 3.09. The molecule has 2 N–H and O–H groups in total. The van der Waals surface area contributed by atoms with E-state index in [0.29, 0.717) is 12.6 Å². The van der Waals surface area contributed by atoms with Gasteiger partial charge in [0, 0.05) is 30.7 Å². The Morgan fingerprint density at radius 2 is 2.09 bits per heavy atom. The molecule has 2 aromatic rings. The summed E-state index contributed by atoms with van der Waals surface area (Å²) < 4.78 is 0. The highest BCUT2D eigenvalue weighted by molar-refractivity contribution is 8.93. The van der Waals surface area contributed by atoms with Crippen LogP contribution in [-0.4, -0.2) is 40.0 Å². The summed E-state index contributed by atoms with van der Waals surface area (Å²) in [7, 11) is 0. The summed E-state index contributed by atoms with van der Waals surface area (Å²) in [6.07, 6.45) is 4.43. The third-order valence-electron chi connectivity index (χ3n) is 3.68. The van der Waals surface area contributed by atoms with E-state index in [0.717, 1.165) is 35.8 Å². The van der Waals surface area contributed by atoms with Gasteiger partial charge in [-0.2, -0.15) is 0 Å². The fraction of sp³-hybridized carbons (Fsp3) is 0.500. The number of hydrogen-bond acceptors (Lipinski definition) is 2. The third kappa shape index (κ3) is 4.00. The number of aromatic nitrogens is 2. The normalized spacial score (nSPS) is 15.4. The number of H-pyrrole nitrogens is 1. The molecule has 0 saturated carbocycles. The zero-order valence-electron chi connectivity index (χ0n) is 13.2. The van der Waals surface area contributed by atoms with Gasteiger partial charge in [-0.05, 0) is 44.9 Å². The molecular formula is C16H24BrN5. The molecule has 0 bridgehead atoms. The van der Waals surface area contributed by atoms with Crippen LogP contribution in [0.3, 0.4) is 0 Å². The molecule has 0 atom stereocenters. The highest BCUT2D eigenvalue weighted by Gasteiger charge is 2.16. The van der Waals surface area contributed by atoms with Crippen LogP contribution in [0.4, 0.5) is 0 Å². The average molecular weight is 366 g/mol. The lowest BCUT2D eigenvalue weighted by Crippen LogP contribution is -2.42. The van der Waals surface area contributed by atoms with Crippen LogP contribution in [0.2, 0.25) is 0 Å². The minimum Gasteiger partial charge on any atom is -0.354 e. The molecule has 3 heterocycles. The number of nitrogens with one attached hydrogen (secondary N) is 2. The van der Waals surface area contributed by atoms with Crippen molar-refractivity contribution < 1.29 is 0 Å². The van der Waals surface area contributed by atoms with Crippen LogP contribution in [0.1, 0.15) is 32.4 Å². The quantitative estimate of drug-likeness (QED) is 0.648. The van der Waals surface area contributed by atoms with E-state index < -0.39 is 0 Å². The molecule has 1 aliphatic heterocycles. The Hall–Kier alpha value is -1.56. The molecule has 1 aliphatic rings. The van der Waals surface area contributed by atoms with Gasteiger partial charge in [-0.1, -0.05) is 0 Å². The Morgan fingerprint density at radius 3 is 2.82 bits per heavy atom. The van der Waals surface area contributed by atoms with Gasteiger partial charge in [-0.15, -0.1) is 17.0 Å². The molecule has 3 rings (SSSR count). The summed E-state index contributed by atoms with van der Waals surface area (Å²) in [6.45, 7) is 7.10. The second kappa shape index (κ2) is 7.63. The van der Waals surface area contributed by atoms with Crippen LogP contribution in [0.25, 0.3) is 11.0 Å². The number of likely N-dealkylation sites (tertiary alicyclic amines) is 1. The summed E-state index contributed by atoms with van der Waals surface area (Å²) in [6, 6.07) is 6.57. The van der Waals surface area contributed by atoms with Crippen LogP contribution in [0.5, 0.6) is 0 Å². The molecule has 0 amide bonds. The number of hydrogen-bond donors (Lipinski definition) is 2. The Kier molecular flexibility index (Phi) is 5.83. The van der Waals surface area contributed by atoms with E-state index in [-0.39, 0.29) is 17.0 Å². The van der Waals surface area contributed by atoms with Gasteiger partial charge in [0.25, 0.3) is 0 Å². The summed E-state index contributed by atoms with van der Waals surface area (Å²) in [5, 5.41) is 4.61. The molecule has 0 radical (unpaired) electrons. The smallest absolute Gasteiger partial charge is 0.194 e. The van der Waals surface area contributed by atoms with Crippen LogP contribution in [0.15, 0.2) is 29.4 Å². The Bertz CT molecular complexity index is 628. The first-order chi connectivity index (χ1) is 10.2. The van der Waals surface area contributed by atoms with Crippen molar-refractivity contribution in [3.05, 3.63) is 30.1 Å². The predicted molar refractivity (Wildman–Crippen MR) is 96.6 cm³/mol. The van der Waals surface area contributed by atoms with Crippen LogP contribution < -0.4 is 5.32 Å². The molecule has 6 heteroatoms. The first kappa shape index (κ1) is 16.8. The molecule has 1 saturated heterocycles. The minimum absolute atomic E-state index is 0. The molecule has 0 spiro atoms. The van der Waals surface area contributed by atoms with Crippen LogP contribution >= 0.6 is 17.0 Å². The molecule has 2 aromatic heterocycles. The van der Waals surface area contributed by atoms with Gasteiger partial charge in [0.2, 0.25) is 0 Å². The first-order valence-corrected chi connectivity index (χ1v) is 7.71. The van der Waals surface area contributed by atoms with Gasteiger partial charge in [-0.3, -0.25) is 0 Å². The van der Waals surface area contributed by atoms with Crippen molar-refractivity contribution in [2.45, 2.75) is 39.3 Å². The van der Waals surface area contributed by atoms with Gasteiger partial charge >= 0.3 is 0 Å². The average Bonchev–Trinajstić information content (AvgIpc) is 3.13. The number of halogens is 1. The second-order valence-electron chi connectivity index (χ2n) is 5.85. The van der Waals surface area contributed by atoms with Crippen molar-refractivity contribution in [2.75, 3.05) is 13.1 Å². The molecule has 120 valence electrons. The van der Waals surface area contributed by atoms with E-state index in [1.807, 2.05) is 12.3 Å². The lowest BCUT2D eigenvalue weighted by molar-refractivity contribution is 0.481. The van der Waals surface area contributed by atoms with Gasteiger partial charge in [0.05, 0.1) is 12.2 Å². The third-order valence-corrected chi connectivity index (χ3v) is 3.68. The van der Waals surface area contributed by atoms with E-state index >= 15 is 0 Å². The molecule has 5 nitrogen and oxygen atoms in total. The van der Waals surface area contributed by atoms with Crippen molar-refractivity contribution in [3.63, 3.8) is 0 Å². The summed E-state index contributed by atoms with van der Waals surface area (Å²) >= 11 is 0. The van der Waals surface area contributed by atoms with E-state index in [1.54, 1.807) is 0 Å². The molecule has 22 heavy (non-hydrogen) atoms. The first-order valence-electron chi connectivity index (χ1n) is 7.71. The standard InChI is InChI=1S/C16H23N5.BrH/c1-12(2)19-16(21-9-3-4-10-21)18-11-14-6-5-13-7-8-17-15(13)20-14;/h5-8,12H,3-4,9-11H2,1-2H3,(H,17,20)(H,18,19);1H. The number of rotatable bonds is 3. The van der Waals surface area contributed by atoms with Crippen molar-refractivity contribution in [1.82, 2.24) is 20.2 Å². The van der Waals surface area contributed by atoms with E-state index in [9.17, 15) is 0 Å². The minimum atomic E-state index is 0. The van der Waals surface area contributed by atoms with E-state index in [2.05, 4.69) is 46.2 Å². The molecule has 0 aromatic carbocycles. The highest BCUT2D eigenvalue weighted by Crippen LogP contribution is 2.12. The highest BCUT2D eigenvalue weighted by atomic mass is 79.9. The molecule has 0 unspecified atom stereocenters. The van der Waals surface area contributed by atoms with Crippen molar-refractivity contribution in [3.8, 4) is 0 Å². The van der Waals surface area contributed by atoms with Gasteiger partial charge in [0.15, 0.2) is 5.96 Å². The number of guanidine groups is 1. The Labute approximate surface area is 142 Å². The molecular weight excluding hydrogens is 342 g/mol. The number of nitrogens with zero attached hydrogens (tertiary/aromatic N) is 3. The van der Waals surface area contributed by atoms with E-state index in [4.69, 9.17) is 4.99 Å². The maximum atomic E-state index is 4.76. The summed E-state index contributed by atoms with van der Waals surface area (Å²) in [4.78, 5) is 14.9.